The average Bonchev–Trinajstić information content (AvgIpc) is 2.86. The number of hydrogen-bond donors (Lipinski definition) is 1. The zero-order valence-electron chi connectivity index (χ0n) is 21.2. The van der Waals surface area contributed by atoms with Gasteiger partial charge >= 0.3 is 21.7 Å². The molecule has 0 radical (unpaired) electrons. The van der Waals surface area contributed by atoms with E-state index >= 15 is 0 Å². The molecule has 11 nitrogen and oxygen atoms in total. The largest absolute Gasteiger partial charge is 0.534 e. The SMILES string of the molecule is COc1ccc(S(=O)(=O)N(CC[C@H](Cc2ccc(OS(=O)(=O)C(F)(F)F)cc2)NC(=O)N=O)CC(C)C)cc1. The van der Waals surface area contributed by atoms with Crippen LogP contribution in [0, 0.1) is 10.8 Å². The summed E-state index contributed by atoms with van der Waals surface area (Å²) >= 11 is 0. The maximum Gasteiger partial charge on any atom is 0.534 e. The third kappa shape index (κ3) is 9.18. The van der Waals surface area contributed by atoms with Crippen molar-refractivity contribution >= 4 is 26.2 Å². The maximum absolute atomic E-state index is 13.3. The van der Waals surface area contributed by atoms with E-state index in [1.165, 1.54) is 47.8 Å². The Bertz CT molecular complexity index is 1330. The Morgan fingerprint density at radius 3 is 2.05 bits per heavy atom. The molecule has 0 aliphatic carbocycles. The number of sulfonamides is 1. The van der Waals surface area contributed by atoms with Gasteiger partial charge < -0.3 is 14.2 Å². The van der Waals surface area contributed by atoms with E-state index in [2.05, 4.69) is 14.7 Å². The Kier molecular flexibility index (Phi) is 10.8. The van der Waals surface area contributed by atoms with Crippen molar-refractivity contribution < 1.29 is 43.7 Å². The van der Waals surface area contributed by atoms with Crippen LogP contribution in [0.4, 0.5) is 18.0 Å². The Morgan fingerprint density at radius 2 is 1.56 bits per heavy atom. The van der Waals surface area contributed by atoms with Gasteiger partial charge in [0, 0.05) is 24.3 Å². The van der Waals surface area contributed by atoms with Gasteiger partial charge in [0.1, 0.15) is 11.5 Å². The third-order valence-corrected chi connectivity index (χ3v) is 8.16. The highest BCUT2D eigenvalue weighted by Gasteiger charge is 2.48. The third-order valence-electron chi connectivity index (χ3n) is 5.30. The van der Waals surface area contributed by atoms with Crippen molar-refractivity contribution in [1.82, 2.24) is 9.62 Å². The van der Waals surface area contributed by atoms with Crippen LogP contribution in [0.25, 0.3) is 0 Å². The van der Waals surface area contributed by atoms with Crippen LogP contribution >= 0.6 is 0 Å². The van der Waals surface area contributed by atoms with Crippen LogP contribution < -0.4 is 14.2 Å². The van der Waals surface area contributed by atoms with E-state index in [0.717, 1.165) is 12.1 Å². The number of rotatable bonds is 13. The van der Waals surface area contributed by atoms with Crippen molar-refractivity contribution in [3.63, 3.8) is 0 Å². The Labute approximate surface area is 224 Å². The quantitative estimate of drug-likeness (QED) is 0.207. The molecule has 0 saturated heterocycles. The van der Waals surface area contributed by atoms with E-state index in [-0.39, 0.29) is 36.7 Å². The van der Waals surface area contributed by atoms with Crippen LogP contribution in [-0.4, -0.2) is 58.9 Å². The van der Waals surface area contributed by atoms with Crippen LogP contribution in [0.15, 0.2) is 58.6 Å². The minimum absolute atomic E-state index is 0.0195. The summed E-state index contributed by atoms with van der Waals surface area (Å²) in [6, 6.07) is 8.36. The zero-order valence-corrected chi connectivity index (χ0v) is 22.8. The molecular weight excluding hydrogens is 567 g/mol. The van der Waals surface area contributed by atoms with Gasteiger partial charge in [-0.3, -0.25) is 0 Å². The second-order valence-corrected chi connectivity index (χ2v) is 12.3. The van der Waals surface area contributed by atoms with Crippen LogP contribution in [0.3, 0.4) is 0 Å². The molecule has 0 bridgehead atoms. The van der Waals surface area contributed by atoms with E-state index in [0.29, 0.717) is 11.3 Å². The molecule has 1 N–H and O–H groups in total. The van der Waals surface area contributed by atoms with Gasteiger partial charge in [-0.2, -0.15) is 25.9 Å². The highest BCUT2D eigenvalue weighted by molar-refractivity contribution is 7.89. The molecule has 2 amide bonds. The van der Waals surface area contributed by atoms with Crippen molar-refractivity contribution in [2.45, 2.75) is 43.1 Å². The molecule has 0 saturated carbocycles. The molecular formula is C23H28F3N3O8S2. The summed E-state index contributed by atoms with van der Waals surface area (Å²) < 4.78 is 97.0. The van der Waals surface area contributed by atoms with Gasteiger partial charge in [0.15, 0.2) is 0 Å². The Balaban J connectivity index is 2.22. The van der Waals surface area contributed by atoms with Crippen molar-refractivity contribution in [2.75, 3.05) is 20.2 Å². The van der Waals surface area contributed by atoms with Gasteiger partial charge in [0.05, 0.1) is 12.0 Å². The molecule has 0 aliphatic rings. The standard InChI is InChI=1S/C23H28F3N3O8S2/c1-16(2)15-29(38(32,33)21-10-8-19(36-3)9-11-21)13-12-18(27-22(30)28-31)14-17-4-6-20(7-5-17)37-39(34,35)23(24,25)26/h4-11,16,18H,12-15H2,1-3H3,(H,27,30)/t18-/m1/s1. The number of alkyl halides is 3. The number of methoxy groups -OCH3 is 1. The summed E-state index contributed by atoms with van der Waals surface area (Å²) in [5.41, 5.74) is -5.17. The second-order valence-electron chi connectivity index (χ2n) is 8.79. The molecule has 16 heteroatoms. The zero-order chi connectivity index (χ0) is 29.4. The molecule has 0 spiro atoms. The molecule has 0 fully saturated rings. The van der Waals surface area contributed by atoms with Gasteiger partial charge in [-0.05, 0) is 60.7 Å². The number of nitrogens with one attached hydrogen (secondary N) is 1. The van der Waals surface area contributed by atoms with Crippen molar-refractivity contribution in [2.24, 2.45) is 11.1 Å². The van der Waals surface area contributed by atoms with E-state index in [9.17, 15) is 39.7 Å². The maximum atomic E-state index is 13.3. The molecule has 2 rings (SSSR count). The smallest absolute Gasteiger partial charge is 0.497 e. The lowest BCUT2D eigenvalue weighted by Gasteiger charge is -2.26. The molecule has 0 heterocycles. The lowest BCUT2D eigenvalue weighted by atomic mass is 10.0. The summed E-state index contributed by atoms with van der Waals surface area (Å²) in [4.78, 5) is 22.4. The van der Waals surface area contributed by atoms with Crippen molar-refractivity contribution in [3.8, 4) is 11.5 Å². The molecule has 39 heavy (non-hydrogen) atoms. The van der Waals surface area contributed by atoms with Crippen LogP contribution in [0.1, 0.15) is 25.8 Å². The van der Waals surface area contributed by atoms with Crippen LogP contribution in [0.2, 0.25) is 0 Å². The number of nitrogens with zero attached hydrogens (tertiary/aromatic N) is 2. The lowest BCUT2D eigenvalue weighted by molar-refractivity contribution is -0.0500. The van der Waals surface area contributed by atoms with Crippen molar-refractivity contribution in [3.05, 3.63) is 59.0 Å². The van der Waals surface area contributed by atoms with Gasteiger partial charge in [0.2, 0.25) is 10.0 Å². The predicted molar refractivity (Wildman–Crippen MR) is 135 cm³/mol. The normalized spacial score (nSPS) is 13.2. The summed E-state index contributed by atoms with van der Waals surface area (Å²) in [6.45, 7) is 3.76. The van der Waals surface area contributed by atoms with Crippen molar-refractivity contribution in [1.29, 1.82) is 0 Å². The Hall–Kier alpha value is -3.24. The number of hydrogen-bond acceptors (Lipinski definition) is 8. The fourth-order valence-electron chi connectivity index (χ4n) is 3.48. The lowest BCUT2D eigenvalue weighted by Crippen LogP contribution is -2.41. The fraction of sp³-hybridized carbons (Fsp3) is 0.435. The van der Waals surface area contributed by atoms with Gasteiger partial charge in [0.25, 0.3) is 0 Å². The van der Waals surface area contributed by atoms with E-state index in [1.807, 2.05) is 13.8 Å². The summed E-state index contributed by atoms with van der Waals surface area (Å²) in [5, 5.41) is 4.67. The van der Waals surface area contributed by atoms with Gasteiger partial charge in [-0.1, -0.05) is 26.0 Å². The molecule has 0 unspecified atom stereocenters. The summed E-state index contributed by atoms with van der Waals surface area (Å²) in [6.07, 6.45) is 0.0652. The van der Waals surface area contributed by atoms with E-state index in [4.69, 9.17) is 4.74 Å². The van der Waals surface area contributed by atoms with E-state index in [1.54, 1.807) is 0 Å². The van der Waals surface area contributed by atoms with Gasteiger partial charge in [-0.15, -0.1) is 4.91 Å². The number of urea groups is 1. The summed E-state index contributed by atoms with van der Waals surface area (Å²) in [7, 11) is -8.35. The second kappa shape index (κ2) is 13.2. The highest BCUT2D eigenvalue weighted by Crippen LogP contribution is 2.27. The molecule has 216 valence electrons. The topological polar surface area (TPSA) is 149 Å². The minimum Gasteiger partial charge on any atom is -0.497 e. The molecule has 0 aromatic heterocycles. The van der Waals surface area contributed by atoms with E-state index < -0.39 is 43.5 Å². The highest BCUT2D eigenvalue weighted by atomic mass is 32.2. The number of carbonyl (C=O) groups is 1. The van der Waals surface area contributed by atoms with Crippen LogP contribution in [0.5, 0.6) is 11.5 Å². The minimum atomic E-state index is -5.85. The first-order chi connectivity index (χ1) is 18.1. The average molecular weight is 596 g/mol. The molecule has 0 aliphatic heterocycles. The number of nitroso groups, excluding NO2 is 1. The summed E-state index contributed by atoms with van der Waals surface area (Å²) in [5.74, 6) is -0.163. The monoisotopic (exact) mass is 595 g/mol. The number of amides is 2. The molecule has 1 atom stereocenters. The first kappa shape index (κ1) is 32.0. The Morgan fingerprint density at radius 1 is 1.00 bits per heavy atom. The first-order valence-electron chi connectivity index (χ1n) is 11.5. The van der Waals surface area contributed by atoms with Gasteiger partial charge in [-0.25, -0.2) is 13.2 Å². The number of benzene rings is 2. The van der Waals surface area contributed by atoms with Crippen LogP contribution in [-0.2, 0) is 26.6 Å². The first-order valence-corrected chi connectivity index (χ1v) is 14.3. The number of carbonyl (C=O) groups excluding carboxylic acids is 1. The molecule has 2 aromatic rings. The predicted octanol–water partition coefficient (Wildman–Crippen LogP) is 4.05. The number of halogens is 3. The number of ether oxygens (including phenoxy) is 1. The molecule has 2 aromatic carbocycles. The fourth-order valence-corrected chi connectivity index (χ4v) is 5.56.